The van der Waals surface area contributed by atoms with Gasteiger partial charge in [-0.05, 0) is 62.3 Å². The van der Waals surface area contributed by atoms with Crippen LogP contribution in [-0.4, -0.2) is 28.7 Å². The van der Waals surface area contributed by atoms with Crippen molar-refractivity contribution in [1.82, 2.24) is 28.7 Å². The van der Waals surface area contributed by atoms with E-state index >= 15 is 0 Å². The average molecular weight is 505 g/mol. The van der Waals surface area contributed by atoms with Gasteiger partial charge in [0.2, 0.25) is 0 Å². The van der Waals surface area contributed by atoms with Gasteiger partial charge in [-0.25, -0.2) is 14.4 Å². The summed E-state index contributed by atoms with van der Waals surface area (Å²) in [4.78, 5) is 73.0. The Bertz CT molecular complexity index is 1340. The molecule has 3 N–H and O–H groups in total. The van der Waals surface area contributed by atoms with Crippen LogP contribution in [0.1, 0.15) is 76.4 Å². The van der Waals surface area contributed by atoms with E-state index in [4.69, 9.17) is 0 Å². The highest BCUT2D eigenvalue weighted by atomic mass is 16.2. The van der Waals surface area contributed by atoms with Crippen molar-refractivity contribution in [3.8, 4) is 0 Å². The number of nitrogens with one attached hydrogen (secondary N) is 3. The maximum atomic E-state index is 11.1. The summed E-state index contributed by atoms with van der Waals surface area (Å²) in [6, 6.07) is 0.231. The second-order valence-electron chi connectivity index (χ2n) is 9.22. The minimum Gasteiger partial charge on any atom is -0.298 e. The molecule has 12 nitrogen and oxygen atoms in total. The number of hydrogen-bond acceptors (Lipinski definition) is 6. The van der Waals surface area contributed by atoms with E-state index in [1.165, 1.54) is 13.7 Å². The average Bonchev–Trinajstić information content (AvgIpc) is 2.76. The van der Waals surface area contributed by atoms with Crippen LogP contribution < -0.4 is 33.7 Å². The van der Waals surface area contributed by atoms with Crippen LogP contribution in [0.3, 0.4) is 0 Å². The van der Waals surface area contributed by atoms with Gasteiger partial charge in [-0.1, -0.05) is 0 Å². The van der Waals surface area contributed by atoms with Crippen LogP contribution in [-0.2, 0) is 0 Å². The maximum Gasteiger partial charge on any atom is 0.328 e. The van der Waals surface area contributed by atoms with Gasteiger partial charge < -0.3 is 0 Å². The minimum absolute atomic E-state index is 0.0769. The van der Waals surface area contributed by atoms with Gasteiger partial charge in [0.15, 0.2) is 0 Å². The fourth-order valence-electron chi connectivity index (χ4n) is 2.91. The van der Waals surface area contributed by atoms with Gasteiger partial charge in [-0.2, -0.15) is 0 Å². The fraction of sp³-hybridized carbons (Fsp3) is 0.500. The molecular weight excluding hydrogens is 468 g/mol. The SMILES string of the molecule is Cc1cn(C(C)C)c(=O)[nH]c1=O.Cc1cn(C(C)C)c(=O)[nH]c1=O.Cc1cn(C(C)C)c(=O)[nH]c1=O. The number of aromatic amines is 3. The molecule has 0 aliphatic carbocycles. The van der Waals surface area contributed by atoms with Gasteiger partial charge in [-0.15, -0.1) is 0 Å². The zero-order valence-electron chi connectivity index (χ0n) is 22.3. The molecule has 12 heteroatoms. The third-order valence-corrected chi connectivity index (χ3v) is 5.11. The van der Waals surface area contributed by atoms with Crippen LogP contribution in [0.5, 0.6) is 0 Å². The Balaban J connectivity index is 0.000000270. The molecule has 0 saturated carbocycles. The highest BCUT2D eigenvalue weighted by Gasteiger charge is 2.04. The van der Waals surface area contributed by atoms with E-state index in [2.05, 4.69) is 15.0 Å². The Kier molecular flexibility index (Phi) is 10.6. The maximum absolute atomic E-state index is 11.1. The Morgan fingerprint density at radius 3 is 0.833 bits per heavy atom. The summed E-state index contributed by atoms with van der Waals surface area (Å²) in [7, 11) is 0. The molecule has 0 bridgehead atoms. The normalized spacial score (nSPS) is 10.7. The third-order valence-electron chi connectivity index (χ3n) is 5.11. The van der Waals surface area contributed by atoms with Crippen LogP contribution in [0.4, 0.5) is 0 Å². The first-order valence-corrected chi connectivity index (χ1v) is 11.5. The van der Waals surface area contributed by atoms with Crippen molar-refractivity contribution >= 4 is 0 Å². The molecule has 0 saturated heterocycles. The highest BCUT2D eigenvalue weighted by molar-refractivity contribution is 5.02. The number of nitrogens with zero attached hydrogens (tertiary/aromatic N) is 3. The Hall–Kier alpha value is -3.96. The predicted molar refractivity (Wildman–Crippen MR) is 139 cm³/mol. The molecule has 0 atom stereocenters. The Labute approximate surface area is 207 Å². The number of hydrogen-bond donors (Lipinski definition) is 3. The smallest absolute Gasteiger partial charge is 0.298 e. The zero-order valence-corrected chi connectivity index (χ0v) is 22.3. The third kappa shape index (κ3) is 8.07. The molecule has 0 unspecified atom stereocenters. The van der Waals surface area contributed by atoms with E-state index in [0.717, 1.165) is 0 Å². The predicted octanol–water partition coefficient (Wildman–Crippen LogP) is 1.28. The van der Waals surface area contributed by atoms with Gasteiger partial charge in [0, 0.05) is 53.4 Å². The van der Waals surface area contributed by atoms with Crippen molar-refractivity contribution in [2.75, 3.05) is 0 Å². The molecule has 0 amide bonds. The largest absolute Gasteiger partial charge is 0.328 e. The molecule has 0 aliphatic heterocycles. The summed E-state index contributed by atoms with van der Waals surface area (Å²) in [5.41, 5.74) is -0.289. The fourth-order valence-corrected chi connectivity index (χ4v) is 2.91. The van der Waals surface area contributed by atoms with E-state index in [1.807, 2.05) is 41.5 Å². The second-order valence-corrected chi connectivity index (χ2v) is 9.22. The minimum atomic E-state index is -0.347. The van der Waals surface area contributed by atoms with E-state index in [1.54, 1.807) is 39.4 Å². The molecule has 36 heavy (non-hydrogen) atoms. The van der Waals surface area contributed by atoms with Crippen LogP contribution in [0.15, 0.2) is 47.4 Å². The quantitative estimate of drug-likeness (QED) is 0.486. The van der Waals surface area contributed by atoms with Gasteiger partial charge in [0.05, 0.1) is 0 Å². The van der Waals surface area contributed by atoms with Crippen LogP contribution in [0.25, 0.3) is 0 Å². The summed E-state index contributed by atoms with van der Waals surface area (Å²) in [5, 5.41) is 0. The molecule has 0 aromatic carbocycles. The summed E-state index contributed by atoms with van der Waals surface area (Å²) < 4.78 is 4.49. The van der Waals surface area contributed by atoms with Crippen molar-refractivity contribution in [2.24, 2.45) is 0 Å². The zero-order chi connectivity index (χ0) is 27.9. The van der Waals surface area contributed by atoms with Crippen molar-refractivity contribution in [3.05, 3.63) is 97.8 Å². The van der Waals surface area contributed by atoms with Crippen molar-refractivity contribution in [1.29, 1.82) is 0 Å². The number of aromatic nitrogens is 6. The van der Waals surface area contributed by atoms with Crippen molar-refractivity contribution in [2.45, 2.75) is 80.4 Å². The summed E-state index contributed by atoms with van der Waals surface area (Å²) in [6.07, 6.45) is 4.73. The molecule has 3 aromatic rings. The first-order valence-electron chi connectivity index (χ1n) is 11.5. The highest BCUT2D eigenvalue weighted by Crippen LogP contribution is 1.99. The van der Waals surface area contributed by atoms with Gasteiger partial charge >= 0.3 is 17.1 Å². The molecule has 198 valence electrons. The molecule has 3 heterocycles. The van der Waals surface area contributed by atoms with E-state index < -0.39 is 0 Å². The van der Waals surface area contributed by atoms with Gasteiger partial charge in [0.25, 0.3) is 16.7 Å². The Morgan fingerprint density at radius 1 is 0.472 bits per heavy atom. The lowest BCUT2D eigenvalue weighted by atomic mass is 10.3. The first-order chi connectivity index (χ1) is 16.6. The molecule has 0 aliphatic rings. The van der Waals surface area contributed by atoms with Gasteiger partial charge in [0.1, 0.15) is 0 Å². The van der Waals surface area contributed by atoms with Crippen LogP contribution >= 0.6 is 0 Å². The molecule has 3 rings (SSSR count). The number of aryl methyl sites for hydroxylation is 3. The molecular formula is C24H36N6O6. The lowest BCUT2D eigenvalue weighted by molar-refractivity contribution is 0.558. The van der Waals surface area contributed by atoms with E-state index in [-0.39, 0.29) is 51.9 Å². The first kappa shape index (κ1) is 30.1. The van der Waals surface area contributed by atoms with E-state index in [0.29, 0.717) is 16.7 Å². The van der Waals surface area contributed by atoms with E-state index in [9.17, 15) is 28.8 Å². The van der Waals surface area contributed by atoms with Crippen molar-refractivity contribution < 1.29 is 0 Å². The summed E-state index contributed by atoms with van der Waals surface area (Å²) in [5.74, 6) is 0. The number of H-pyrrole nitrogens is 3. The molecule has 0 spiro atoms. The second kappa shape index (κ2) is 12.7. The number of rotatable bonds is 3. The van der Waals surface area contributed by atoms with Crippen LogP contribution in [0.2, 0.25) is 0 Å². The Morgan fingerprint density at radius 2 is 0.667 bits per heavy atom. The van der Waals surface area contributed by atoms with Gasteiger partial charge in [-0.3, -0.25) is 43.0 Å². The topological polar surface area (TPSA) is 165 Å². The van der Waals surface area contributed by atoms with Crippen LogP contribution in [0, 0.1) is 20.8 Å². The summed E-state index contributed by atoms with van der Waals surface area (Å²) in [6.45, 7) is 16.4. The monoisotopic (exact) mass is 504 g/mol. The van der Waals surface area contributed by atoms with Crippen molar-refractivity contribution in [3.63, 3.8) is 0 Å². The lowest BCUT2D eigenvalue weighted by Crippen LogP contribution is -2.31. The lowest BCUT2D eigenvalue weighted by Gasteiger charge is -2.08. The molecule has 3 aromatic heterocycles. The summed E-state index contributed by atoms with van der Waals surface area (Å²) >= 11 is 0. The molecule has 0 fully saturated rings. The standard InChI is InChI=1S/3C8H12N2O2/c3*1-5(2)10-4-6(3)7(11)9-8(10)12/h3*4-5H,1-3H3,(H,9,11,12). The molecule has 0 radical (unpaired) electrons.